The molecule has 0 radical (unpaired) electrons. The van der Waals surface area contributed by atoms with E-state index in [4.69, 9.17) is 16.7 Å². The van der Waals surface area contributed by atoms with E-state index in [-0.39, 0.29) is 27.8 Å². The summed E-state index contributed by atoms with van der Waals surface area (Å²) in [5.74, 6) is -2.89. The molecule has 1 aliphatic carbocycles. The molecule has 3 aromatic rings. The van der Waals surface area contributed by atoms with Gasteiger partial charge in [0.2, 0.25) is 11.6 Å². The third-order valence-electron chi connectivity index (χ3n) is 6.48. The number of hydrogen-bond donors (Lipinski definition) is 2. The molecule has 2 N–H and O–H groups in total. The van der Waals surface area contributed by atoms with Gasteiger partial charge in [0.15, 0.2) is 6.20 Å². The van der Waals surface area contributed by atoms with Crippen molar-refractivity contribution in [3.8, 4) is 11.1 Å². The van der Waals surface area contributed by atoms with Crippen LogP contribution < -0.4 is 10.0 Å². The number of nitrogens with zero attached hydrogens (tertiary/aromatic N) is 1. The fourth-order valence-corrected chi connectivity index (χ4v) is 4.43. The van der Waals surface area contributed by atoms with Crippen LogP contribution in [0.4, 0.5) is 18.9 Å². The van der Waals surface area contributed by atoms with Gasteiger partial charge in [0.25, 0.3) is 6.43 Å². The lowest BCUT2D eigenvalue weighted by molar-refractivity contribution is -0.614. The van der Waals surface area contributed by atoms with Crippen LogP contribution in [-0.4, -0.2) is 17.0 Å². The fourth-order valence-electron chi connectivity index (χ4n) is 4.27. The van der Waals surface area contributed by atoms with Gasteiger partial charge in [0.1, 0.15) is 11.7 Å². The lowest BCUT2D eigenvalue weighted by Crippen LogP contribution is -2.37. The molecule has 1 aromatic heterocycles. The van der Waals surface area contributed by atoms with Gasteiger partial charge in [0.05, 0.1) is 16.1 Å². The first-order valence-electron chi connectivity index (χ1n) is 11.2. The molecule has 1 amide bonds. The van der Waals surface area contributed by atoms with Gasteiger partial charge >= 0.3 is 5.97 Å². The SMILES string of the molecule is C[C@@H]1C[C@H]1CC(C(=O)Nc1ccc(C(=O)O)cc1)c1ccc(-c2c(C(F)F)ccc(Cl)c2F)c[n+]1[O-]. The summed E-state index contributed by atoms with van der Waals surface area (Å²) in [4.78, 5) is 24.2. The van der Waals surface area contributed by atoms with Crippen LogP contribution in [0.5, 0.6) is 0 Å². The Kier molecular flexibility index (Phi) is 7.21. The Labute approximate surface area is 209 Å². The molecule has 1 saturated carbocycles. The number of carboxylic acid groups (broad SMARTS) is 1. The van der Waals surface area contributed by atoms with E-state index < -0.39 is 41.2 Å². The minimum atomic E-state index is -2.99. The molecular formula is C26H22ClF3N2O4. The summed E-state index contributed by atoms with van der Waals surface area (Å²) in [6.45, 7) is 2.03. The number of carboxylic acids is 1. The van der Waals surface area contributed by atoms with Crippen LogP contribution >= 0.6 is 11.6 Å². The lowest BCUT2D eigenvalue weighted by atomic mass is 9.94. The zero-order valence-electron chi connectivity index (χ0n) is 19.1. The minimum absolute atomic E-state index is 0.0563. The summed E-state index contributed by atoms with van der Waals surface area (Å²) in [6.07, 6.45) is -0.738. The number of alkyl halides is 2. The number of aromatic nitrogens is 1. The van der Waals surface area contributed by atoms with Crippen LogP contribution in [0.3, 0.4) is 0 Å². The van der Waals surface area contributed by atoms with E-state index in [1.54, 1.807) is 0 Å². The Morgan fingerprint density at radius 2 is 1.83 bits per heavy atom. The number of halogens is 4. The van der Waals surface area contributed by atoms with E-state index in [1.165, 1.54) is 36.4 Å². The first-order valence-corrected chi connectivity index (χ1v) is 11.6. The normalized spacial score (nSPS) is 17.6. The summed E-state index contributed by atoms with van der Waals surface area (Å²) >= 11 is 5.80. The molecule has 10 heteroatoms. The highest BCUT2D eigenvalue weighted by atomic mass is 35.5. The zero-order chi connectivity index (χ0) is 26.1. The van der Waals surface area contributed by atoms with Crippen LogP contribution in [0, 0.1) is 22.9 Å². The lowest BCUT2D eigenvalue weighted by Gasteiger charge is -2.18. The van der Waals surface area contributed by atoms with Gasteiger partial charge in [0, 0.05) is 22.9 Å². The topological polar surface area (TPSA) is 93.3 Å². The maximum atomic E-state index is 14.7. The molecule has 1 aliphatic rings. The van der Waals surface area contributed by atoms with Gasteiger partial charge < -0.3 is 15.6 Å². The Balaban J connectivity index is 1.67. The molecule has 4 rings (SSSR count). The molecule has 0 saturated heterocycles. The van der Waals surface area contributed by atoms with Gasteiger partial charge in [-0.3, -0.25) is 4.79 Å². The van der Waals surface area contributed by atoms with Crippen LogP contribution in [0.25, 0.3) is 11.1 Å². The standard InChI is InChI=1S/C26H22ClF3N2O4/c1-13-10-16(13)11-19(25(33)31-17-5-2-14(3-6-17)26(34)35)21-9-4-15(12-32(21)36)22-18(24(29)30)7-8-20(27)23(22)28/h2-9,12-13,16,19,24H,10-11H2,1H3,(H,31,33)(H,34,35)/t13-,16+,19?/m1/s1. The van der Waals surface area contributed by atoms with Crippen molar-refractivity contribution in [3.63, 3.8) is 0 Å². The van der Waals surface area contributed by atoms with Gasteiger partial charge in [-0.1, -0.05) is 24.6 Å². The van der Waals surface area contributed by atoms with E-state index in [1.807, 2.05) is 6.92 Å². The van der Waals surface area contributed by atoms with Gasteiger partial charge in [-0.05, 0) is 61.1 Å². The number of carbonyl (C=O) groups is 2. The van der Waals surface area contributed by atoms with Gasteiger partial charge in [-0.25, -0.2) is 18.0 Å². The maximum absolute atomic E-state index is 14.7. The zero-order valence-corrected chi connectivity index (χ0v) is 19.8. The third-order valence-corrected chi connectivity index (χ3v) is 6.77. The fraction of sp³-hybridized carbons (Fsp3) is 0.269. The Bertz CT molecular complexity index is 1320. The molecule has 2 aromatic carbocycles. The molecule has 6 nitrogen and oxygen atoms in total. The van der Waals surface area contributed by atoms with Crippen molar-refractivity contribution in [2.45, 2.75) is 32.1 Å². The van der Waals surface area contributed by atoms with Gasteiger partial charge in [-0.15, -0.1) is 0 Å². The molecule has 0 aliphatic heterocycles. The van der Waals surface area contributed by atoms with Gasteiger partial charge in [-0.2, -0.15) is 4.73 Å². The smallest absolute Gasteiger partial charge is 0.335 e. The summed E-state index contributed by atoms with van der Waals surface area (Å²) in [5, 5.41) is 24.4. The predicted octanol–water partition coefficient (Wildman–Crippen LogP) is 6.18. The van der Waals surface area contributed by atoms with Crippen LogP contribution in [0.15, 0.2) is 54.7 Å². The largest absolute Gasteiger partial charge is 0.618 e. The Morgan fingerprint density at radius 1 is 1.17 bits per heavy atom. The van der Waals surface area contributed by atoms with Crippen molar-refractivity contribution in [2.75, 3.05) is 5.32 Å². The van der Waals surface area contributed by atoms with Crippen molar-refractivity contribution in [1.82, 2.24) is 0 Å². The van der Waals surface area contributed by atoms with E-state index in [0.717, 1.165) is 24.8 Å². The van der Waals surface area contributed by atoms with Crippen molar-refractivity contribution >= 4 is 29.2 Å². The minimum Gasteiger partial charge on any atom is -0.618 e. The monoisotopic (exact) mass is 518 g/mol. The van der Waals surface area contributed by atoms with Crippen molar-refractivity contribution in [3.05, 3.63) is 87.6 Å². The summed E-state index contributed by atoms with van der Waals surface area (Å²) in [6, 6.07) is 10.3. The predicted molar refractivity (Wildman–Crippen MR) is 127 cm³/mol. The van der Waals surface area contributed by atoms with Crippen molar-refractivity contribution < 1.29 is 32.6 Å². The first kappa shape index (κ1) is 25.5. The van der Waals surface area contributed by atoms with E-state index in [0.29, 0.717) is 22.8 Å². The van der Waals surface area contributed by atoms with E-state index >= 15 is 0 Å². The average molecular weight is 519 g/mol. The number of hydrogen-bond acceptors (Lipinski definition) is 3. The van der Waals surface area contributed by atoms with E-state index in [9.17, 15) is 28.0 Å². The van der Waals surface area contributed by atoms with Crippen molar-refractivity contribution in [1.29, 1.82) is 0 Å². The molecule has 188 valence electrons. The summed E-state index contributed by atoms with van der Waals surface area (Å²) in [5.41, 5.74) is -0.665. The average Bonchev–Trinajstić information content (AvgIpc) is 3.53. The molecule has 0 spiro atoms. The number of nitrogens with one attached hydrogen (secondary N) is 1. The molecule has 1 heterocycles. The highest BCUT2D eigenvalue weighted by Crippen LogP contribution is 2.45. The highest BCUT2D eigenvalue weighted by molar-refractivity contribution is 6.31. The molecule has 36 heavy (non-hydrogen) atoms. The molecule has 1 unspecified atom stereocenters. The van der Waals surface area contributed by atoms with Crippen LogP contribution in [-0.2, 0) is 4.79 Å². The third kappa shape index (κ3) is 5.31. The summed E-state index contributed by atoms with van der Waals surface area (Å²) in [7, 11) is 0. The number of benzene rings is 2. The molecule has 1 fully saturated rings. The number of carbonyl (C=O) groups excluding carboxylic acids is 1. The first-order chi connectivity index (χ1) is 17.1. The summed E-state index contributed by atoms with van der Waals surface area (Å²) < 4.78 is 42.1. The van der Waals surface area contributed by atoms with Crippen LogP contribution in [0.1, 0.15) is 53.7 Å². The number of aromatic carboxylic acids is 1. The van der Waals surface area contributed by atoms with Crippen molar-refractivity contribution in [2.24, 2.45) is 11.8 Å². The quantitative estimate of drug-likeness (QED) is 0.275. The van der Waals surface area contributed by atoms with Crippen LogP contribution in [0.2, 0.25) is 5.02 Å². The Morgan fingerprint density at radius 3 is 2.39 bits per heavy atom. The number of rotatable bonds is 8. The molecular weight excluding hydrogens is 497 g/mol. The second-order valence-electron chi connectivity index (χ2n) is 8.93. The number of anilines is 1. The second-order valence-corrected chi connectivity index (χ2v) is 9.34. The molecule has 0 bridgehead atoms. The highest BCUT2D eigenvalue weighted by Gasteiger charge is 2.40. The van der Waals surface area contributed by atoms with E-state index in [2.05, 4.69) is 5.32 Å². The Hall–Kier alpha value is -3.59. The number of amides is 1. The number of pyridine rings is 1. The molecule has 3 atom stereocenters. The second kappa shape index (κ2) is 10.2. The maximum Gasteiger partial charge on any atom is 0.335 e.